The van der Waals surface area contributed by atoms with Crippen LogP contribution in [0.4, 0.5) is 0 Å². The van der Waals surface area contributed by atoms with E-state index in [9.17, 15) is 9.59 Å². The van der Waals surface area contributed by atoms with Crippen molar-refractivity contribution in [1.29, 1.82) is 0 Å². The van der Waals surface area contributed by atoms with Gasteiger partial charge in [0.05, 0.1) is 0 Å². The first-order valence-corrected chi connectivity index (χ1v) is 5.62. The molecule has 14 heavy (non-hydrogen) atoms. The summed E-state index contributed by atoms with van der Waals surface area (Å²) >= 11 is 1.56. The highest BCUT2D eigenvalue weighted by Crippen LogP contribution is 2.31. The number of carbonyl (C=O) groups excluding carboxylic acids is 2. The van der Waals surface area contributed by atoms with Crippen molar-refractivity contribution in [3.8, 4) is 0 Å². The molecule has 1 aromatic heterocycles. The minimum atomic E-state index is -0.442. The van der Waals surface area contributed by atoms with Crippen molar-refractivity contribution in [2.24, 2.45) is 0 Å². The number of hydrogen-bond donors (Lipinski definition) is 0. The molecule has 1 aliphatic carbocycles. The third-order valence-corrected chi connectivity index (χ3v) is 3.60. The Morgan fingerprint density at radius 2 is 1.86 bits per heavy atom. The van der Waals surface area contributed by atoms with Crippen LogP contribution in [0.2, 0.25) is 0 Å². The third kappa shape index (κ3) is 1.64. The molecule has 1 fully saturated rings. The van der Waals surface area contributed by atoms with Gasteiger partial charge in [0.2, 0.25) is 0 Å². The summed E-state index contributed by atoms with van der Waals surface area (Å²) in [6.45, 7) is 1.99. The Morgan fingerprint density at radius 3 is 2.36 bits per heavy atom. The Morgan fingerprint density at radius 1 is 1.21 bits per heavy atom. The van der Waals surface area contributed by atoms with Gasteiger partial charge in [-0.1, -0.05) is 0 Å². The smallest absolute Gasteiger partial charge is 0.148 e. The normalized spacial score (nSPS) is 18.9. The lowest BCUT2D eigenvalue weighted by atomic mass is 9.86. The fourth-order valence-corrected chi connectivity index (χ4v) is 2.86. The predicted octanol–water partition coefficient (Wildman–Crippen LogP) is 2.46. The van der Waals surface area contributed by atoms with Gasteiger partial charge in [0.25, 0.3) is 0 Å². The summed E-state index contributed by atoms with van der Waals surface area (Å²) in [7, 11) is 0. The van der Waals surface area contributed by atoms with Crippen molar-refractivity contribution < 1.29 is 9.59 Å². The molecular formula is C11H12O2S. The molecule has 0 saturated heterocycles. The first-order chi connectivity index (χ1) is 6.68. The van der Waals surface area contributed by atoms with E-state index in [2.05, 4.69) is 0 Å². The molecule has 1 saturated carbocycles. The minimum Gasteiger partial charge on any atom is -0.298 e. The highest BCUT2D eigenvalue weighted by Gasteiger charge is 2.32. The molecule has 0 atom stereocenters. The number of thiophene rings is 1. The van der Waals surface area contributed by atoms with Crippen LogP contribution < -0.4 is 0 Å². The number of carbonyl (C=O) groups is 2. The SMILES string of the molecule is Cc1ccc(C2C(=O)CCCC2=O)s1. The van der Waals surface area contributed by atoms with Crippen molar-refractivity contribution in [3.63, 3.8) is 0 Å². The Labute approximate surface area is 86.9 Å². The van der Waals surface area contributed by atoms with Crippen LogP contribution in [0.5, 0.6) is 0 Å². The second-order valence-corrected chi connectivity index (χ2v) is 4.99. The average molecular weight is 208 g/mol. The van der Waals surface area contributed by atoms with Crippen LogP contribution in [0.3, 0.4) is 0 Å². The van der Waals surface area contributed by atoms with Crippen LogP contribution in [0.1, 0.15) is 34.9 Å². The summed E-state index contributed by atoms with van der Waals surface area (Å²) in [5, 5.41) is 0. The van der Waals surface area contributed by atoms with Crippen LogP contribution in [-0.2, 0) is 9.59 Å². The summed E-state index contributed by atoms with van der Waals surface area (Å²) < 4.78 is 0. The monoisotopic (exact) mass is 208 g/mol. The van der Waals surface area contributed by atoms with E-state index >= 15 is 0 Å². The van der Waals surface area contributed by atoms with Gasteiger partial charge >= 0.3 is 0 Å². The highest BCUT2D eigenvalue weighted by atomic mass is 32.1. The topological polar surface area (TPSA) is 34.1 Å². The molecule has 1 heterocycles. The van der Waals surface area contributed by atoms with Gasteiger partial charge in [0, 0.05) is 22.6 Å². The third-order valence-electron chi connectivity index (χ3n) is 2.54. The molecule has 74 valence electrons. The summed E-state index contributed by atoms with van der Waals surface area (Å²) in [5.41, 5.74) is 0. The van der Waals surface area contributed by atoms with Gasteiger partial charge in [-0.05, 0) is 25.5 Å². The standard InChI is InChI=1S/C11H12O2S/c1-7-5-6-10(14-7)11-8(12)3-2-4-9(11)13/h5-6,11H,2-4H2,1H3. The van der Waals surface area contributed by atoms with Crippen molar-refractivity contribution in [3.05, 3.63) is 21.9 Å². The van der Waals surface area contributed by atoms with Crippen molar-refractivity contribution in [2.45, 2.75) is 32.1 Å². The van der Waals surface area contributed by atoms with E-state index in [1.54, 1.807) is 11.3 Å². The van der Waals surface area contributed by atoms with Crippen LogP contribution >= 0.6 is 11.3 Å². The Bertz CT molecular complexity index is 362. The van der Waals surface area contributed by atoms with Gasteiger partial charge in [0.15, 0.2) is 0 Å². The summed E-state index contributed by atoms with van der Waals surface area (Å²) in [4.78, 5) is 25.3. The number of aryl methyl sites for hydroxylation is 1. The maximum absolute atomic E-state index is 11.6. The highest BCUT2D eigenvalue weighted by molar-refractivity contribution is 7.12. The maximum Gasteiger partial charge on any atom is 0.148 e. The summed E-state index contributed by atoms with van der Waals surface area (Å²) in [6, 6.07) is 3.88. The molecule has 2 nitrogen and oxygen atoms in total. The van der Waals surface area contributed by atoms with Gasteiger partial charge in [-0.15, -0.1) is 11.3 Å². The van der Waals surface area contributed by atoms with Gasteiger partial charge in [-0.25, -0.2) is 0 Å². The molecule has 0 spiro atoms. The molecule has 3 heteroatoms. The van der Waals surface area contributed by atoms with Crippen LogP contribution in [0.25, 0.3) is 0 Å². The molecule has 0 amide bonds. The van der Waals surface area contributed by atoms with Crippen LogP contribution in [-0.4, -0.2) is 11.6 Å². The van der Waals surface area contributed by atoms with Crippen molar-refractivity contribution in [2.75, 3.05) is 0 Å². The minimum absolute atomic E-state index is 0.100. The zero-order valence-corrected chi connectivity index (χ0v) is 8.89. The van der Waals surface area contributed by atoms with E-state index in [1.807, 2.05) is 19.1 Å². The lowest BCUT2D eigenvalue weighted by Crippen LogP contribution is -2.25. The zero-order valence-electron chi connectivity index (χ0n) is 8.08. The van der Waals surface area contributed by atoms with Crippen LogP contribution in [0.15, 0.2) is 12.1 Å². The van der Waals surface area contributed by atoms with Crippen LogP contribution in [0, 0.1) is 6.92 Å². The summed E-state index contributed by atoms with van der Waals surface area (Å²) in [6.07, 6.45) is 1.86. The Balaban J connectivity index is 2.31. The van der Waals surface area contributed by atoms with Gasteiger partial charge in [-0.2, -0.15) is 0 Å². The molecule has 0 aromatic carbocycles. The first-order valence-electron chi connectivity index (χ1n) is 4.80. The number of rotatable bonds is 1. The lowest BCUT2D eigenvalue weighted by Gasteiger charge is -2.17. The molecule has 2 rings (SSSR count). The fourth-order valence-electron chi connectivity index (χ4n) is 1.83. The van der Waals surface area contributed by atoms with E-state index in [4.69, 9.17) is 0 Å². The molecular weight excluding hydrogens is 196 g/mol. The average Bonchev–Trinajstić information content (AvgIpc) is 2.51. The van der Waals surface area contributed by atoms with Gasteiger partial charge in [0.1, 0.15) is 17.5 Å². The molecule has 0 radical (unpaired) electrons. The first kappa shape index (κ1) is 9.59. The summed E-state index contributed by atoms with van der Waals surface area (Å²) in [5.74, 6) is -0.242. The second kappa shape index (κ2) is 3.65. The maximum atomic E-state index is 11.6. The molecule has 1 aromatic rings. The van der Waals surface area contributed by atoms with E-state index in [0.717, 1.165) is 16.2 Å². The van der Waals surface area contributed by atoms with E-state index in [0.29, 0.717) is 12.8 Å². The second-order valence-electron chi connectivity index (χ2n) is 3.67. The van der Waals surface area contributed by atoms with Gasteiger partial charge < -0.3 is 0 Å². The number of ketones is 2. The molecule has 0 bridgehead atoms. The molecule has 0 aliphatic heterocycles. The predicted molar refractivity (Wildman–Crippen MR) is 55.7 cm³/mol. The number of Topliss-reactive ketones (excluding diaryl/α,β-unsaturated/α-hetero) is 2. The zero-order chi connectivity index (χ0) is 10.1. The lowest BCUT2D eigenvalue weighted by molar-refractivity contribution is -0.131. The molecule has 0 unspecified atom stereocenters. The van der Waals surface area contributed by atoms with E-state index < -0.39 is 5.92 Å². The fraction of sp³-hybridized carbons (Fsp3) is 0.455. The number of hydrogen-bond acceptors (Lipinski definition) is 3. The Kier molecular flexibility index (Phi) is 2.50. The van der Waals surface area contributed by atoms with E-state index in [-0.39, 0.29) is 11.6 Å². The molecule has 0 N–H and O–H groups in total. The van der Waals surface area contributed by atoms with Gasteiger partial charge in [-0.3, -0.25) is 9.59 Å². The van der Waals surface area contributed by atoms with Crippen molar-refractivity contribution in [1.82, 2.24) is 0 Å². The largest absolute Gasteiger partial charge is 0.298 e. The quantitative estimate of drug-likeness (QED) is 0.664. The van der Waals surface area contributed by atoms with E-state index in [1.165, 1.54) is 0 Å². The Hall–Kier alpha value is -0.960. The van der Waals surface area contributed by atoms with Crippen molar-refractivity contribution >= 4 is 22.9 Å². The molecule has 1 aliphatic rings.